The molecule has 96 valence electrons. The third kappa shape index (κ3) is 6.03. The molecule has 0 bridgehead atoms. The summed E-state index contributed by atoms with van der Waals surface area (Å²) in [4.78, 5) is 0. The van der Waals surface area contributed by atoms with Crippen molar-refractivity contribution in [1.29, 1.82) is 0 Å². The molecule has 0 aromatic carbocycles. The van der Waals surface area contributed by atoms with E-state index in [1.807, 2.05) is 11.8 Å². The zero-order valence-corrected chi connectivity index (χ0v) is 10.4. The van der Waals surface area contributed by atoms with Gasteiger partial charge in [0.15, 0.2) is 0 Å². The third-order valence-electron chi connectivity index (χ3n) is 2.58. The number of nitrogens with one attached hydrogen (secondary N) is 3. The Balaban J connectivity index is 2.31. The Kier molecular flexibility index (Phi) is 8.18. The van der Waals surface area contributed by atoms with Crippen molar-refractivity contribution in [3.8, 4) is 0 Å². The lowest BCUT2D eigenvalue weighted by molar-refractivity contribution is 0.225. The van der Waals surface area contributed by atoms with Gasteiger partial charge in [0.05, 0.1) is 13.2 Å². The van der Waals surface area contributed by atoms with Crippen LogP contribution in [0, 0.1) is 0 Å². The second-order valence-electron chi connectivity index (χ2n) is 3.94. The highest BCUT2D eigenvalue weighted by atomic mass is 32.2. The van der Waals surface area contributed by atoms with Crippen LogP contribution >= 0.6 is 11.8 Å². The van der Waals surface area contributed by atoms with E-state index in [9.17, 15) is 0 Å². The van der Waals surface area contributed by atoms with E-state index >= 15 is 0 Å². The Hall–Kier alpha value is 0.150. The van der Waals surface area contributed by atoms with Gasteiger partial charge in [-0.1, -0.05) is 0 Å². The van der Waals surface area contributed by atoms with Gasteiger partial charge in [0.2, 0.25) is 0 Å². The number of aliphatic hydroxyl groups is 2. The molecule has 1 rings (SSSR count). The van der Waals surface area contributed by atoms with E-state index in [2.05, 4.69) is 16.0 Å². The lowest BCUT2D eigenvalue weighted by atomic mass is 10.2. The van der Waals surface area contributed by atoms with E-state index in [1.165, 1.54) is 0 Å². The Morgan fingerprint density at radius 2 is 1.44 bits per heavy atom. The molecule has 16 heavy (non-hydrogen) atoms. The van der Waals surface area contributed by atoms with Gasteiger partial charge in [-0.2, -0.15) is 11.8 Å². The third-order valence-corrected chi connectivity index (χ3v) is 3.57. The van der Waals surface area contributed by atoms with Crippen LogP contribution in [-0.4, -0.2) is 73.2 Å². The molecular formula is C10H23N3O2S. The van der Waals surface area contributed by atoms with Crippen molar-refractivity contribution in [1.82, 2.24) is 16.0 Å². The van der Waals surface area contributed by atoms with Gasteiger partial charge in [-0.05, 0) is 0 Å². The van der Waals surface area contributed by atoms with E-state index < -0.39 is 0 Å². The first-order valence-electron chi connectivity index (χ1n) is 5.83. The topological polar surface area (TPSA) is 76.5 Å². The van der Waals surface area contributed by atoms with Crippen molar-refractivity contribution in [3.63, 3.8) is 0 Å². The molecule has 0 spiro atoms. The van der Waals surface area contributed by atoms with E-state index in [0.29, 0.717) is 0 Å². The van der Waals surface area contributed by atoms with Crippen LogP contribution in [0.5, 0.6) is 0 Å². The van der Waals surface area contributed by atoms with E-state index in [0.717, 1.165) is 37.7 Å². The van der Waals surface area contributed by atoms with Gasteiger partial charge >= 0.3 is 0 Å². The number of hydrogen-bond donors (Lipinski definition) is 5. The zero-order chi connectivity index (χ0) is 11.6. The highest BCUT2D eigenvalue weighted by molar-refractivity contribution is 7.99. The minimum Gasteiger partial charge on any atom is -0.395 e. The summed E-state index contributed by atoms with van der Waals surface area (Å²) in [5.41, 5.74) is 0. The Bertz CT molecular complexity index is 158. The maximum absolute atomic E-state index is 9.14. The number of hydrogen-bond acceptors (Lipinski definition) is 6. The molecule has 0 aliphatic carbocycles. The maximum Gasteiger partial charge on any atom is 0.0597 e. The summed E-state index contributed by atoms with van der Waals surface area (Å²) in [6, 6.07) is 0.221. The number of rotatable bonds is 2. The van der Waals surface area contributed by atoms with Gasteiger partial charge in [-0.3, -0.25) is 0 Å². The fourth-order valence-electron chi connectivity index (χ4n) is 1.61. The lowest BCUT2D eigenvalue weighted by Crippen LogP contribution is -2.48. The fourth-order valence-corrected chi connectivity index (χ4v) is 2.34. The van der Waals surface area contributed by atoms with Crippen molar-refractivity contribution >= 4 is 11.8 Å². The normalized spacial score (nSPS) is 30.4. The number of thioether (sulfide) groups is 1. The molecular weight excluding hydrogens is 226 g/mol. The van der Waals surface area contributed by atoms with E-state index in [-0.39, 0.29) is 25.3 Å². The summed E-state index contributed by atoms with van der Waals surface area (Å²) in [7, 11) is 0. The summed E-state index contributed by atoms with van der Waals surface area (Å²) in [5.74, 6) is 2.12. The fraction of sp³-hybridized carbons (Fsp3) is 1.00. The monoisotopic (exact) mass is 249 g/mol. The smallest absolute Gasteiger partial charge is 0.0597 e. The molecule has 0 amide bonds. The molecule has 5 N–H and O–H groups in total. The van der Waals surface area contributed by atoms with Gasteiger partial charge in [-0.25, -0.2) is 0 Å². The molecule has 5 nitrogen and oxygen atoms in total. The van der Waals surface area contributed by atoms with Crippen molar-refractivity contribution in [2.45, 2.75) is 12.1 Å². The molecule has 1 aliphatic rings. The maximum atomic E-state index is 9.14. The van der Waals surface area contributed by atoms with Crippen molar-refractivity contribution in [2.24, 2.45) is 0 Å². The summed E-state index contributed by atoms with van der Waals surface area (Å²) in [6.45, 7) is 3.63. The van der Waals surface area contributed by atoms with Crippen molar-refractivity contribution < 1.29 is 10.2 Å². The molecule has 1 fully saturated rings. The van der Waals surface area contributed by atoms with Gasteiger partial charge in [0.1, 0.15) is 0 Å². The summed E-state index contributed by atoms with van der Waals surface area (Å²) in [6.07, 6.45) is 0. The Labute approximate surface area is 101 Å². The summed E-state index contributed by atoms with van der Waals surface area (Å²) < 4.78 is 0. The Morgan fingerprint density at radius 3 is 1.88 bits per heavy atom. The van der Waals surface area contributed by atoms with Crippen molar-refractivity contribution in [2.75, 3.05) is 50.9 Å². The number of aliphatic hydroxyl groups excluding tert-OH is 2. The second kappa shape index (κ2) is 9.21. The summed E-state index contributed by atoms with van der Waals surface area (Å²) >= 11 is 1.88. The van der Waals surface area contributed by atoms with Crippen LogP contribution in [0.15, 0.2) is 0 Å². The molecule has 0 saturated carbocycles. The second-order valence-corrected chi connectivity index (χ2v) is 5.16. The van der Waals surface area contributed by atoms with Crippen LogP contribution in [0.1, 0.15) is 0 Å². The first-order chi connectivity index (χ1) is 7.86. The first kappa shape index (κ1) is 14.2. The van der Waals surface area contributed by atoms with Crippen LogP contribution in [0.3, 0.4) is 0 Å². The molecule has 0 aromatic rings. The predicted octanol–water partition coefficient (Wildman–Crippen LogP) is -1.78. The van der Waals surface area contributed by atoms with Gasteiger partial charge < -0.3 is 26.2 Å². The minimum atomic E-state index is 0.111. The molecule has 0 aromatic heterocycles. The molecule has 2 atom stereocenters. The molecule has 1 saturated heterocycles. The zero-order valence-electron chi connectivity index (χ0n) is 9.61. The van der Waals surface area contributed by atoms with Crippen LogP contribution in [0.25, 0.3) is 0 Å². The van der Waals surface area contributed by atoms with Gasteiger partial charge in [0, 0.05) is 49.8 Å². The van der Waals surface area contributed by atoms with E-state index in [4.69, 9.17) is 10.2 Å². The van der Waals surface area contributed by atoms with Crippen LogP contribution in [0.2, 0.25) is 0 Å². The quantitative estimate of drug-likeness (QED) is 0.398. The highest BCUT2D eigenvalue weighted by Gasteiger charge is 2.10. The molecule has 0 radical (unpaired) electrons. The van der Waals surface area contributed by atoms with Crippen LogP contribution < -0.4 is 16.0 Å². The van der Waals surface area contributed by atoms with Crippen LogP contribution in [-0.2, 0) is 0 Å². The highest BCUT2D eigenvalue weighted by Crippen LogP contribution is 1.98. The molecule has 1 aliphatic heterocycles. The molecule has 1 heterocycles. The standard InChI is InChI=1S/C10H23N3O2S/c14-7-9-5-11-6-10(8-15)13-2-4-16-3-1-12-9/h9-15H,1-8H2. The molecule has 2 unspecified atom stereocenters. The van der Waals surface area contributed by atoms with Gasteiger partial charge in [-0.15, -0.1) is 0 Å². The molecule has 6 heteroatoms. The van der Waals surface area contributed by atoms with Crippen molar-refractivity contribution in [3.05, 3.63) is 0 Å². The average Bonchev–Trinajstić information content (AvgIpc) is 2.30. The Morgan fingerprint density at radius 1 is 0.938 bits per heavy atom. The SMILES string of the molecule is OCC1CNCC(CO)NCCSCCN1. The van der Waals surface area contributed by atoms with Crippen LogP contribution in [0.4, 0.5) is 0 Å². The summed E-state index contributed by atoms with van der Waals surface area (Å²) in [5, 5.41) is 28.2. The van der Waals surface area contributed by atoms with E-state index in [1.54, 1.807) is 0 Å². The average molecular weight is 249 g/mol. The predicted molar refractivity (Wildman–Crippen MR) is 67.9 cm³/mol. The first-order valence-corrected chi connectivity index (χ1v) is 6.99. The largest absolute Gasteiger partial charge is 0.395 e. The lowest BCUT2D eigenvalue weighted by Gasteiger charge is -2.22. The van der Waals surface area contributed by atoms with Gasteiger partial charge in [0.25, 0.3) is 0 Å². The minimum absolute atomic E-state index is 0.111.